The van der Waals surface area contributed by atoms with Crippen molar-refractivity contribution in [3.8, 4) is 0 Å². The molecule has 0 unspecified atom stereocenters. The molecular weight excluding hydrogens is 397 g/mol. The van der Waals surface area contributed by atoms with Crippen LogP contribution in [0.1, 0.15) is 52.7 Å². The molecule has 1 saturated carbocycles. The molecule has 6 rings (SSSR count). The third-order valence-corrected chi connectivity index (χ3v) is 6.86. The summed E-state index contributed by atoms with van der Waals surface area (Å²) in [5.74, 6) is -0.0134. The minimum Gasteiger partial charge on any atom is -0.355 e. The second kappa shape index (κ2) is 6.63. The SMILES string of the molecule is Cn1cnc2c1CC[C@H]2NC(=O)c1cn(Cc2ccc(N3CC4(CC4)C3)nc2F)cn1. The maximum atomic E-state index is 14.6. The van der Waals surface area contributed by atoms with E-state index < -0.39 is 5.95 Å². The molecule has 4 heterocycles. The van der Waals surface area contributed by atoms with Crippen LogP contribution in [0.2, 0.25) is 0 Å². The molecule has 1 spiro atoms. The Kier molecular flexibility index (Phi) is 3.97. The van der Waals surface area contributed by atoms with Crippen molar-refractivity contribution in [2.75, 3.05) is 18.0 Å². The summed E-state index contributed by atoms with van der Waals surface area (Å²) < 4.78 is 18.3. The number of hydrogen-bond acceptors (Lipinski definition) is 5. The van der Waals surface area contributed by atoms with Crippen molar-refractivity contribution in [2.24, 2.45) is 12.5 Å². The van der Waals surface area contributed by atoms with E-state index in [1.54, 1.807) is 29.5 Å². The van der Waals surface area contributed by atoms with Gasteiger partial charge in [0.05, 0.1) is 30.9 Å². The summed E-state index contributed by atoms with van der Waals surface area (Å²) in [7, 11) is 1.96. The Bertz CT molecular complexity index is 1170. The van der Waals surface area contributed by atoms with Crippen molar-refractivity contribution in [3.05, 3.63) is 59.6 Å². The molecule has 0 radical (unpaired) electrons. The average Bonchev–Trinajstić information content (AvgIpc) is 3.04. The second-order valence-electron chi connectivity index (χ2n) is 9.16. The molecule has 1 N–H and O–H groups in total. The largest absolute Gasteiger partial charge is 0.355 e. The van der Waals surface area contributed by atoms with Crippen LogP contribution in [0.3, 0.4) is 0 Å². The van der Waals surface area contributed by atoms with E-state index in [1.807, 2.05) is 17.7 Å². The molecule has 1 amide bonds. The van der Waals surface area contributed by atoms with Gasteiger partial charge in [0.25, 0.3) is 5.91 Å². The number of imidazole rings is 2. The van der Waals surface area contributed by atoms with Crippen LogP contribution in [-0.4, -0.2) is 43.1 Å². The number of anilines is 1. The lowest BCUT2D eigenvalue weighted by molar-refractivity contribution is 0.0931. The summed E-state index contributed by atoms with van der Waals surface area (Å²) in [4.78, 5) is 27.6. The number of carbonyl (C=O) groups is 1. The molecule has 2 aliphatic carbocycles. The van der Waals surface area contributed by atoms with Crippen LogP contribution >= 0.6 is 0 Å². The molecule has 2 fully saturated rings. The van der Waals surface area contributed by atoms with Crippen molar-refractivity contribution in [1.29, 1.82) is 0 Å². The summed E-state index contributed by atoms with van der Waals surface area (Å²) >= 11 is 0. The lowest BCUT2D eigenvalue weighted by atomic mass is 9.97. The summed E-state index contributed by atoms with van der Waals surface area (Å²) in [6.45, 7) is 2.25. The van der Waals surface area contributed by atoms with Gasteiger partial charge in [-0.05, 0) is 37.8 Å². The number of rotatable bonds is 5. The van der Waals surface area contributed by atoms with E-state index in [1.165, 1.54) is 12.8 Å². The van der Waals surface area contributed by atoms with Crippen LogP contribution < -0.4 is 10.2 Å². The smallest absolute Gasteiger partial charge is 0.272 e. The first-order valence-electron chi connectivity index (χ1n) is 10.7. The Morgan fingerprint density at radius 2 is 2.10 bits per heavy atom. The van der Waals surface area contributed by atoms with E-state index in [0.29, 0.717) is 22.5 Å². The summed E-state index contributed by atoms with van der Waals surface area (Å²) in [6.07, 6.45) is 9.26. The fourth-order valence-corrected chi connectivity index (χ4v) is 4.79. The molecule has 0 aromatic carbocycles. The molecule has 1 aliphatic heterocycles. The number of pyridine rings is 1. The number of halogens is 1. The quantitative estimate of drug-likeness (QED) is 0.639. The molecule has 8 nitrogen and oxygen atoms in total. The molecule has 1 atom stereocenters. The van der Waals surface area contributed by atoms with Gasteiger partial charge in [0.15, 0.2) is 0 Å². The Balaban J connectivity index is 1.11. The van der Waals surface area contributed by atoms with Gasteiger partial charge in [-0.3, -0.25) is 4.79 Å². The fourth-order valence-electron chi connectivity index (χ4n) is 4.79. The zero-order chi connectivity index (χ0) is 21.2. The van der Waals surface area contributed by atoms with Crippen molar-refractivity contribution >= 4 is 11.7 Å². The maximum Gasteiger partial charge on any atom is 0.272 e. The van der Waals surface area contributed by atoms with Gasteiger partial charge in [0, 0.05) is 43.0 Å². The third-order valence-electron chi connectivity index (χ3n) is 6.86. The molecule has 9 heteroatoms. The Morgan fingerprint density at radius 1 is 1.26 bits per heavy atom. The van der Waals surface area contributed by atoms with Crippen molar-refractivity contribution in [2.45, 2.75) is 38.3 Å². The minimum atomic E-state index is -0.470. The maximum absolute atomic E-state index is 14.6. The van der Waals surface area contributed by atoms with E-state index in [2.05, 4.69) is 25.2 Å². The van der Waals surface area contributed by atoms with Gasteiger partial charge < -0.3 is 19.4 Å². The third kappa shape index (κ3) is 3.19. The van der Waals surface area contributed by atoms with Crippen LogP contribution in [0, 0.1) is 11.4 Å². The van der Waals surface area contributed by atoms with Crippen molar-refractivity contribution < 1.29 is 9.18 Å². The highest BCUT2D eigenvalue weighted by Crippen LogP contribution is 2.53. The average molecular weight is 421 g/mol. The molecule has 0 bridgehead atoms. The van der Waals surface area contributed by atoms with E-state index in [4.69, 9.17) is 0 Å². The lowest BCUT2D eigenvalue weighted by Crippen LogP contribution is -2.48. The number of nitrogens with zero attached hydrogens (tertiary/aromatic N) is 6. The normalized spacial score (nSPS) is 20.6. The number of amides is 1. The minimum absolute atomic E-state index is 0.0979. The van der Waals surface area contributed by atoms with Gasteiger partial charge >= 0.3 is 0 Å². The van der Waals surface area contributed by atoms with Crippen LogP contribution in [0.15, 0.2) is 31.0 Å². The number of carbonyl (C=O) groups excluding carboxylic acids is 1. The molecule has 1 saturated heterocycles. The molecule has 3 aromatic rings. The number of nitrogens with one attached hydrogen (secondary N) is 1. The molecule has 31 heavy (non-hydrogen) atoms. The standard InChI is InChI=1S/C22H24FN7O/c1-28-12-25-19-15(3-4-17(19)28)26-21(31)16-9-29(13-24-16)8-14-2-5-18(27-20(14)23)30-10-22(11-30)6-7-22/h2,5,9,12-13,15H,3-4,6-8,10-11H2,1H3,(H,26,31)/t15-/m1/s1. The Morgan fingerprint density at radius 3 is 2.87 bits per heavy atom. The molecule has 3 aromatic heterocycles. The first kappa shape index (κ1) is 18.5. The predicted octanol–water partition coefficient (Wildman–Crippen LogP) is 2.22. The van der Waals surface area contributed by atoms with Crippen molar-refractivity contribution in [1.82, 2.24) is 29.4 Å². The number of hydrogen-bond donors (Lipinski definition) is 1. The Hall–Kier alpha value is -3.23. The van der Waals surface area contributed by atoms with Crippen LogP contribution in [-0.2, 0) is 20.0 Å². The topological polar surface area (TPSA) is 80.9 Å². The summed E-state index contributed by atoms with van der Waals surface area (Å²) in [5.41, 5.74) is 3.38. The molecular formula is C22H24FN7O. The highest BCUT2D eigenvalue weighted by atomic mass is 19.1. The van der Waals surface area contributed by atoms with Gasteiger partial charge in [-0.2, -0.15) is 4.39 Å². The van der Waals surface area contributed by atoms with E-state index in [-0.39, 0.29) is 18.5 Å². The van der Waals surface area contributed by atoms with Gasteiger partial charge in [-0.25, -0.2) is 15.0 Å². The summed E-state index contributed by atoms with van der Waals surface area (Å²) in [6, 6.07) is 3.55. The lowest BCUT2D eigenvalue weighted by Gasteiger charge is -2.40. The highest BCUT2D eigenvalue weighted by molar-refractivity contribution is 5.92. The fraction of sp³-hybridized carbons (Fsp3) is 0.455. The highest BCUT2D eigenvalue weighted by Gasteiger charge is 2.52. The van der Waals surface area contributed by atoms with Crippen LogP contribution in [0.25, 0.3) is 0 Å². The molecule has 160 valence electrons. The molecule has 3 aliphatic rings. The van der Waals surface area contributed by atoms with Gasteiger partial charge in [-0.1, -0.05) is 0 Å². The first-order valence-corrected chi connectivity index (χ1v) is 10.7. The van der Waals surface area contributed by atoms with Crippen molar-refractivity contribution in [3.63, 3.8) is 0 Å². The monoisotopic (exact) mass is 421 g/mol. The number of aryl methyl sites for hydroxylation is 1. The van der Waals surface area contributed by atoms with Gasteiger partial charge in [-0.15, -0.1) is 0 Å². The number of fused-ring (bicyclic) bond motifs is 1. The van der Waals surface area contributed by atoms with E-state index in [9.17, 15) is 9.18 Å². The second-order valence-corrected chi connectivity index (χ2v) is 9.16. The Labute approximate surface area is 179 Å². The summed E-state index contributed by atoms with van der Waals surface area (Å²) in [5, 5.41) is 3.02. The number of aromatic nitrogens is 5. The zero-order valence-electron chi connectivity index (χ0n) is 17.4. The zero-order valence-corrected chi connectivity index (χ0v) is 17.4. The predicted molar refractivity (Wildman–Crippen MR) is 111 cm³/mol. The van der Waals surface area contributed by atoms with Gasteiger partial charge in [0.2, 0.25) is 5.95 Å². The van der Waals surface area contributed by atoms with E-state index >= 15 is 0 Å². The van der Waals surface area contributed by atoms with Crippen LogP contribution in [0.5, 0.6) is 0 Å². The van der Waals surface area contributed by atoms with E-state index in [0.717, 1.165) is 37.3 Å². The van der Waals surface area contributed by atoms with Crippen LogP contribution in [0.4, 0.5) is 10.2 Å². The first-order chi connectivity index (χ1) is 15.0. The van der Waals surface area contributed by atoms with Gasteiger partial charge in [0.1, 0.15) is 11.5 Å².